The molecule has 2 aliphatic rings. The summed E-state index contributed by atoms with van der Waals surface area (Å²) in [7, 11) is 0. The first-order chi connectivity index (χ1) is 22.7. The molecule has 4 unspecified atom stereocenters. The third kappa shape index (κ3) is 7.28. The van der Waals surface area contributed by atoms with E-state index in [0.717, 1.165) is 21.7 Å². The van der Waals surface area contributed by atoms with Crippen molar-refractivity contribution in [3.8, 4) is 0 Å². The van der Waals surface area contributed by atoms with E-state index in [4.69, 9.17) is 9.47 Å². The van der Waals surface area contributed by atoms with E-state index in [9.17, 15) is 24.3 Å². The molecule has 2 aliphatic heterocycles. The van der Waals surface area contributed by atoms with Crippen LogP contribution in [-0.4, -0.2) is 40.7 Å². The lowest BCUT2D eigenvalue weighted by atomic mass is 9.91. The fraction of sp³-hybridized carbons (Fsp3) is 0.222. The molecule has 240 valence electrons. The number of anilines is 2. The van der Waals surface area contributed by atoms with Gasteiger partial charge in [-0.15, -0.1) is 11.8 Å². The number of aliphatic hydroxyl groups excluding tert-OH is 1. The number of fused-ring (bicyclic) bond motifs is 1. The first-order valence-corrected chi connectivity index (χ1v) is 16.0. The highest BCUT2D eigenvalue weighted by atomic mass is 32.2. The van der Waals surface area contributed by atoms with Gasteiger partial charge in [-0.3, -0.25) is 9.59 Å². The zero-order valence-corrected chi connectivity index (χ0v) is 26.4. The van der Waals surface area contributed by atoms with Gasteiger partial charge in [0.05, 0.1) is 29.9 Å². The minimum absolute atomic E-state index is 0.0290. The van der Waals surface area contributed by atoms with Crippen LogP contribution in [0.4, 0.5) is 11.4 Å². The van der Waals surface area contributed by atoms with Crippen LogP contribution in [-0.2, 0) is 25.6 Å². The largest absolute Gasteiger partial charge is 0.392 e. The maximum atomic E-state index is 13.1. The van der Waals surface area contributed by atoms with Crippen molar-refractivity contribution in [2.75, 3.05) is 16.4 Å². The molecule has 0 aromatic heterocycles. The van der Waals surface area contributed by atoms with Gasteiger partial charge < -0.3 is 30.0 Å². The monoisotopic (exact) mass is 652 g/mol. The van der Waals surface area contributed by atoms with Crippen molar-refractivity contribution in [2.24, 2.45) is 5.92 Å². The number of thioether (sulfide) groups is 1. The van der Waals surface area contributed by atoms with Crippen LogP contribution in [0.5, 0.6) is 0 Å². The Bertz CT molecular complexity index is 1830. The van der Waals surface area contributed by atoms with Crippen LogP contribution in [0.3, 0.4) is 0 Å². The third-order valence-corrected chi connectivity index (χ3v) is 9.14. The second-order valence-electron chi connectivity index (χ2n) is 11.4. The SMILES string of the molecule is CC(=O)Nc1ccc(SCC2OC(c3cccc(NC(=O)c4ccc5c(c4)C(=O)OC5=O)c3)OC(c3ccc(CO)cc3)C2C)cc1. The topological polar surface area (TPSA) is 140 Å². The number of carbonyl (C=O) groups is 4. The molecule has 4 aromatic carbocycles. The lowest BCUT2D eigenvalue weighted by Gasteiger charge is -2.41. The van der Waals surface area contributed by atoms with Gasteiger partial charge in [0.15, 0.2) is 6.29 Å². The van der Waals surface area contributed by atoms with Crippen LogP contribution in [0.1, 0.15) is 74.0 Å². The van der Waals surface area contributed by atoms with Crippen molar-refractivity contribution in [2.45, 2.75) is 43.8 Å². The standard InChI is InChI=1S/C36H32N2O8S/c1-20-31(19-47-28-13-11-26(12-14-28)37-21(2)40)44-36(45-32(20)23-8-6-22(18-39)7-9-23)25-4-3-5-27(16-25)38-33(41)24-10-15-29-30(17-24)35(43)46-34(29)42/h3-17,20,31-32,36,39H,18-19H2,1-2H3,(H,37,40)(H,38,41). The predicted molar refractivity (Wildman–Crippen MR) is 175 cm³/mol. The summed E-state index contributed by atoms with van der Waals surface area (Å²) in [6.07, 6.45) is -1.29. The molecule has 2 amide bonds. The van der Waals surface area contributed by atoms with Gasteiger partial charge in [0.1, 0.15) is 0 Å². The minimum Gasteiger partial charge on any atom is -0.392 e. The summed E-state index contributed by atoms with van der Waals surface area (Å²) in [6.45, 7) is 3.50. The zero-order chi connectivity index (χ0) is 33.1. The summed E-state index contributed by atoms with van der Waals surface area (Å²) < 4.78 is 17.8. The summed E-state index contributed by atoms with van der Waals surface area (Å²) in [4.78, 5) is 49.3. The normalized spacial score (nSPS) is 20.3. The smallest absolute Gasteiger partial charge is 0.346 e. The third-order valence-electron chi connectivity index (χ3n) is 8.04. The van der Waals surface area contributed by atoms with Crippen molar-refractivity contribution in [3.05, 3.63) is 124 Å². The fourth-order valence-corrected chi connectivity index (χ4v) is 6.59. The number of carbonyl (C=O) groups excluding carboxylic acids is 4. The quantitative estimate of drug-likeness (QED) is 0.108. The average Bonchev–Trinajstić information content (AvgIpc) is 3.36. The summed E-state index contributed by atoms with van der Waals surface area (Å²) in [5.41, 5.74) is 4.06. The van der Waals surface area contributed by atoms with E-state index < -0.39 is 24.1 Å². The minimum atomic E-state index is -0.780. The number of hydrogen-bond donors (Lipinski definition) is 3. The summed E-state index contributed by atoms with van der Waals surface area (Å²) in [6, 6.07) is 26.7. The molecule has 1 saturated heterocycles. The van der Waals surface area contributed by atoms with Gasteiger partial charge in [0.25, 0.3) is 5.91 Å². The van der Waals surface area contributed by atoms with Crippen LogP contribution in [0.25, 0.3) is 0 Å². The van der Waals surface area contributed by atoms with Gasteiger partial charge >= 0.3 is 11.9 Å². The Morgan fingerprint density at radius 3 is 2.28 bits per heavy atom. The number of aliphatic hydroxyl groups is 1. The molecule has 4 aromatic rings. The van der Waals surface area contributed by atoms with Gasteiger partial charge in [-0.1, -0.05) is 43.3 Å². The lowest BCUT2D eigenvalue weighted by Crippen LogP contribution is -2.38. The van der Waals surface area contributed by atoms with Crippen molar-refractivity contribution < 1.29 is 38.5 Å². The molecule has 0 spiro atoms. The van der Waals surface area contributed by atoms with E-state index in [1.54, 1.807) is 30.0 Å². The Hall–Kier alpha value is -4.81. The molecule has 0 radical (unpaired) electrons. The van der Waals surface area contributed by atoms with Crippen molar-refractivity contribution >= 4 is 46.9 Å². The highest BCUT2D eigenvalue weighted by molar-refractivity contribution is 7.99. The Labute approximate surface area is 275 Å². The second kappa shape index (κ2) is 13.9. The number of nitrogens with one attached hydrogen (secondary N) is 2. The lowest BCUT2D eigenvalue weighted by molar-refractivity contribution is -0.268. The molecule has 0 aliphatic carbocycles. The van der Waals surface area contributed by atoms with Gasteiger partial charge in [0, 0.05) is 46.0 Å². The zero-order valence-electron chi connectivity index (χ0n) is 25.6. The van der Waals surface area contributed by atoms with Crippen molar-refractivity contribution in [1.29, 1.82) is 0 Å². The molecule has 6 rings (SSSR count). The maximum absolute atomic E-state index is 13.1. The highest BCUT2D eigenvalue weighted by Gasteiger charge is 2.38. The first-order valence-electron chi connectivity index (χ1n) is 15.0. The molecule has 2 heterocycles. The molecule has 0 saturated carbocycles. The number of esters is 2. The number of rotatable bonds is 9. The molecular formula is C36H32N2O8S. The number of amides is 2. The molecular weight excluding hydrogens is 620 g/mol. The van der Waals surface area contributed by atoms with E-state index in [1.165, 1.54) is 25.1 Å². The van der Waals surface area contributed by atoms with Crippen molar-refractivity contribution in [1.82, 2.24) is 0 Å². The molecule has 0 bridgehead atoms. The number of hydrogen-bond acceptors (Lipinski definition) is 9. The number of benzene rings is 4. The van der Waals surface area contributed by atoms with Gasteiger partial charge in [-0.05, 0) is 65.7 Å². The molecule has 1 fully saturated rings. The Morgan fingerprint density at radius 2 is 1.55 bits per heavy atom. The molecule has 47 heavy (non-hydrogen) atoms. The summed E-state index contributed by atoms with van der Waals surface area (Å²) in [5, 5.41) is 15.2. The van der Waals surface area contributed by atoms with Gasteiger partial charge in [0.2, 0.25) is 5.91 Å². The van der Waals surface area contributed by atoms with Crippen LogP contribution >= 0.6 is 11.8 Å². The van der Waals surface area contributed by atoms with E-state index in [0.29, 0.717) is 17.0 Å². The molecule has 4 atom stereocenters. The van der Waals surface area contributed by atoms with Gasteiger partial charge in [-0.25, -0.2) is 9.59 Å². The Kier molecular flexibility index (Phi) is 9.50. The van der Waals surface area contributed by atoms with E-state index in [2.05, 4.69) is 22.3 Å². The Balaban J connectivity index is 1.21. The van der Waals surface area contributed by atoms with Crippen LogP contribution in [0.2, 0.25) is 0 Å². The average molecular weight is 653 g/mol. The maximum Gasteiger partial charge on any atom is 0.346 e. The summed E-state index contributed by atoms with van der Waals surface area (Å²) >= 11 is 1.64. The van der Waals surface area contributed by atoms with E-state index in [1.807, 2.05) is 54.6 Å². The molecule has 11 heteroatoms. The number of cyclic esters (lactones) is 2. The van der Waals surface area contributed by atoms with Crippen molar-refractivity contribution in [3.63, 3.8) is 0 Å². The van der Waals surface area contributed by atoms with Gasteiger partial charge in [-0.2, -0.15) is 0 Å². The van der Waals surface area contributed by atoms with Crippen LogP contribution < -0.4 is 10.6 Å². The molecule has 10 nitrogen and oxygen atoms in total. The van der Waals surface area contributed by atoms with E-state index >= 15 is 0 Å². The van der Waals surface area contributed by atoms with Crippen LogP contribution in [0.15, 0.2) is 95.9 Å². The Morgan fingerprint density at radius 1 is 0.809 bits per heavy atom. The molecule has 3 N–H and O–H groups in total. The first kappa shape index (κ1) is 32.1. The summed E-state index contributed by atoms with van der Waals surface area (Å²) in [5.74, 6) is -1.50. The van der Waals surface area contributed by atoms with Crippen LogP contribution in [0, 0.1) is 5.92 Å². The number of ether oxygens (including phenoxy) is 3. The fourth-order valence-electron chi connectivity index (χ4n) is 5.52. The predicted octanol–water partition coefficient (Wildman–Crippen LogP) is 6.28. The highest BCUT2D eigenvalue weighted by Crippen LogP contribution is 2.43. The second-order valence-corrected chi connectivity index (χ2v) is 12.4. The van der Waals surface area contributed by atoms with E-state index in [-0.39, 0.29) is 47.3 Å².